The molecule has 6 heteroatoms. The van der Waals surface area contributed by atoms with Crippen molar-refractivity contribution in [3.8, 4) is 11.6 Å². The minimum Gasteiger partial charge on any atom is -0.478 e. The molecule has 0 atom stereocenters. The number of benzene rings is 1. The number of rotatable bonds is 3. The van der Waals surface area contributed by atoms with E-state index in [0.717, 1.165) is 0 Å². The first-order valence-corrected chi connectivity index (χ1v) is 5.14. The second kappa shape index (κ2) is 4.70. The average Bonchev–Trinajstić information content (AvgIpc) is 2.27. The zero-order chi connectivity index (χ0) is 13.1. The highest BCUT2D eigenvalue weighted by molar-refractivity contribution is 5.88. The van der Waals surface area contributed by atoms with E-state index >= 15 is 0 Å². The van der Waals surface area contributed by atoms with Gasteiger partial charge < -0.3 is 14.8 Å². The van der Waals surface area contributed by atoms with Crippen molar-refractivity contribution in [3.05, 3.63) is 52.1 Å². The van der Waals surface area contributed by atoms with Crippen molar-refractivity contribution in [1.82, 2.24) is 9.97 Å². The Balaban J connectivity index is 2.31. The lowest BCUT2D eigenvalue weighted by Crippen LogP contribution is -2.08. The molecule has 6 nitrogen and oxygen atoms in total. The number of carboxylic acids is 1. The first-order valence-electron chi connectivity index (χ1n) is 5.14. The van der Waals surface area contributed by atoms with Gasteiger partial charge in [0.05, 0.1) is 11.6 Å². The largest absolute Gasteiger partial charge is 0.478 e. The number of nitrogens with zero attached hydrogens (tertiary/aromatic N) is 1. The number of aryl methyl sites for hydroxylation is 1. The Hall–Kier alpha value is -2.63. The maximum atomic E-state index is 11.2. The van der Waals surface area contributed by atoms with Crippen LogP contribution in [-0.2, 0) is 0 Å². The first kappa shape index (κ1) is 11.8. The van der Waals surface area contributed by atoms with Gasteiger partial charge in [-0.05, 0) is 25.1 Å². The highest BCUT2D eigenvalue weighted by Gasteiger charge is 2.06. The van der Waals surface area contributed by atoms with Crippen molar-refractivity contribution in [2.75, 3.05) is 0 Å². The Kier molecular flexibility index (Phi) is 3.09. The monoisotopic (exact) mass is 246 g/mol. The fourth-order valence-electron chi connectivity index (χ4n) is 1.42. The van der Waals surface area contributed by atoms with E-state index in [2.05, 4.69) is 9.97 Å². The number of ether oxygens (including phenoxy) is 1. The van der Waals surface area contributed by atoms with Crippen LogP contribution in [0.1, 0.15) is 16.2 Å². The van der Waals surface area contributed by atoms with E-state index in [1.54, 1.807) is 19.1 Å². The second-order valence-electron chi connectivity index (χ2n) is 3.60. The minimum atomic E-state index is -1.05. The van der Waals surface area contributed by atoms with Crippen LogP contribution in [0.3, 0.4) is 0 Å². The third kappa shape index (κ3) is 2.73. The van der Waals surface area contributed by atoms with Crippen molar-refractivity contribution in [2.45, 2.75) is 6.92 Å². The molecule has 0 bridgehead atoms. The number of aromatic nitrogens is 2. The summed E-state index contributed by atoms with van der Waals surface area (Å²) < 4.78 is 5.34. The number of hydrogen-bond donors (Lipinski definition) is 2. The summed E-state index contributed by atoms with van der Waals surface area (Å²) in [6.07, 6.45) is 0. The van der Waals surface area contributed by atoms with Crippen molar-refractivity contribution < 1.29 is 14.6 Å². The molecule has 1 aromatic carbocycles. The highest BCUT2D eigenvalue weighted by atomic mass is 16.5. The van der Waals surface area contributed by atoms with Gasteiger partial charge in [0, 0.05) is 0 Å². The van der Waals surface area contributed by atoms with Gasteiger partial charge in [-0.3, -0.25) is 4.79 Å². The molecule has 0 amide bonds. The zero-order valence-electron chi connectivity index (χ0n) is 9.51. The number of carboxylic acid groups (broad SMARTS) is 1. The van der Waals surface area contributed by atoms with Gasteiger partial charge in [0.25, 0.3) is 5.56 Å². The van der Waals surface area contributed by atoms with E-state index in [1.807, 2.05) is 0 Å². The highest BCUT2D eigenvalue weighted by Crippen LogP contribution is 2.19. The molecule has 0 aliphatic carbocycles. The lowest BCUT2D eigenvalue weighted by atomic mass is 10.2. The van der Waals surface area contributed by atoms with E-state index in [1.165, 1.54) is 18.2 Å². The molecule has 1 heterocycles. The molecule has 1 aromatic heterocycles. The van der Waals surface area contributed by atoms with Crippen LogP contribution in [0.5, 0.6) is 11.6 Å². The maximum absolute atomic E-state index is 11.2. The Morgan fingerprint density at radius 2 is 2.17 bits per heavy atom. The number of nitrogens with one attached hydrogen (secondary N) is 1. The Morgan fingerprint density at radius 1 is 1.39 bits per heavy atom. The van der Waals surface area contributed by atoms with Crippen LogP contribution in [0, 0.1) is 6.92 Å². The molecule has 0 aliphatic rings. The summed E-state index contributed by atoms with van der Waals surface area (Å²) in [7, 11) is 0. The molecule has 0 aliphatic heterocycles. The van der Waals surface area contributed by atoms with Crippen LogP contribution >= 0.6 is 0 Å². The second-order valence-corrected chi connectivity index (χ2v) is 3.60. The van der Waals surface area contributed by atoms with Gasteiger partial charge in [-0.2, -0.15) is 0 Å². The number of aromatic carboxylic acids is 1. The van der Waals surface area contributed by atoms with E-state index in [-0.39, 0.29) is 17.0 Å². The fraction of sp³-hybridized carbons (Fsp3) is 0.0833. The summed E-state index contributed by atoms with van der Waals surface area (Å²) in [5.74, 6) is -0.187. The van der Waals surface area contributed by atoms with Gasteiger partial charge in [0.2, 0.25) is 5.88 Å². The van der Waals surface area contributed by atoms with Crippen molar-refractivity contribution in [2.24, 2.45) is 0 Å². The predicted molar refractivity (Wildman–Crippen MR) is 63.1 cm³/mol. The zero-order valence-corrected chi connectivity index (χ0v) is 9.51. The molecule has 18 heavy (non-hydrogen) atoms. The van der Waals surface area contributed by atoms with E-state index in [4.69, 9.17) is 9.84 Å². The van der Waals surface area contributed by atoms with Gasteiger partial charge in [-0.15, -0.1) is 0 Å². The van der Waals surface area contributed by atoms with Crippen LogP contribution < -0.4 is 10.3 Å². The Labute approximate surface area is 102 Å². The summed E-state index contributed by atoms with van der Waals surface area (Å²) in [5, 5.41) is 8.84. The normalized spacial score (nSPS) is 10.1. The van der Waals surface area contributed by atoms with Gasteiger partial charge in [0.15, 0.2) is 0 Å². The van der Waals surface area contributed by atoms with Gasteiger partial charge in [-0.1, -0.05) is 6.07 Å². The number of hydrogen-bond acceptors (Lipinski definition) is 4. The number of aromatic amines is 1. The van der Waals surface area contributed by atoms with E-state index < -0.39 is 5.97 Å². The van der Waals surface area contributed by atoms with Gasteiger partial charge in [0.1, 0.15) is 11.6 Å². The molecule has 0 saturated heterocycles. The Bertz CT molecular complexity index is 649. The summed E-state index contributed by atoms with van der Waals surface area (Å²) in [4.78, 5) is 28.5. The first-order chi connectivity index (χ1) is 8.54. The smallest absolute Gasteiger partial charge is 0.335 e. The summed E-state index contributed by atoms with van der Waals surface area (Å²) in [6.45, 7) is 1.63. The lowest BCUT2D eigenvalue weighted by molar-refractivity contribution is 0.0696. The van der Waals surface area contributed by atoms with Crippen molar-refractivity contribution in [3.63, 3.8) is 0 Å². The molecule has 0 spiro atoms. The van der Waals surface area contributed by atoms with Crippen molar-refractivity contribution in [1.29, 1.82) is 0 Å². The van der Waals surface area contributed by atoms with Crippen LogP contribution in [0.4, 0.5) is 0 Å². The molecular formula is C12H10N2O4. The maximum Gasteiger partial charge on any atom is 0.335 e. The van der Waals surface area contributed by atoms with Crippen LogP contribution in [-0.4, -0.2) is 21.0 Å². The summed E-state index contributed by atoms with van der Waals surface area (Å²) in [5.41, 5.74) is -0.221. The predicted octanol–water partition coefficient (Wildman–Crippen LogP) is 1.57. The molecule has 92 valence electrons. The molecule has 0 radical (unpaired) electrons. The van der Waals surface area contributed by atoms with E-state index in [0.29, 0.717) is 11.6 Å². The third-order valence-corrected chi connectivity index (χ3v) is 2.14. The molecule has 0 saturated carbocycles. The molecule has 2 N–H and O–H groups in total. The third-order valence-electron chi connectivity index (χ3n) is 2.14. The number of H-pyrrole nitrogens is 1. The fourth-order valence-corrected chi connectivity index (χ4v) is 1.42. The van der Waals surface area contributed by atoms with Crippen molar-refractivity contribution >= 4 is 5.97 Å². The van der Waals surface area contributed by atoms with Crippen LogP contribution in [0.25, 0.3) is 0 Å². The molecule has 2 rings (SSSR count). The minimum absolute atomic E-state index is 0.106. The SMILES string of the molecule is Cc1nc(Oc2cccc(C(=O)O)c2)cc(=O)[nH]1. The summed E-state index contributed by atoms with van der Waals surface area (Å²) in [6, 6.07) is 7.15. The quantitative estimate of drug-likeness (QED) is 0.857. The molecule has 2 aromatic rings. The van der Waals surface area contributed by atoms with Crippen LogP contribution in [0.15, 0.2) is 35.1 Å². The topological polar surface area (TPSA) is 92.3 Å². The molecule has 0 fully saturated rings. The molecular weight excluding hydrogens is 236 g/mol. The van der Waals surface area contributed by atoms with Gasteiger partial charge in [-0.25, -0.2) is 9.78 Å². The Morgan fingerprint density at radius 3 is 2.83 bits per heavy atom. The van der Waals surface area contributed by atoms with Crippen LogP contribution in [0.2, 0.25) is 0 Å². The van der Waals surface area contributed by atoms with Gasteiger partial charge >= 0.3 is 5.97 Å². The molecule has 0 unspecified atom stereocenters. The summed E-state index contributed by atoms with van der Waals surface area (Å²) >= 11 is 0. The lowest BCUT2D eigenvalue weighted by Gasteiger charge is -2.05. The average molecular weight is 246 g/mol. The number of carbonyl (C=O) groups is 1. The van der Waals surface area contributed by atoms with E-state index in [9.17, 15) is 9.59 Å². The standard InChI is InChI=1S/C12H10N2O4/c1-7-13-10(15)6-11(14-7)18-9-4-2-3-8(5-9)12(16)17/h2-6H,1H3,(H,16,17)(H,13,14,15).